The summed E-state index contributed by atoms with van der Waals surface area (Å²) in [4.78, 5) is 2.60. The zero-order valence-corrected chi connectivity index (χ0v) is 12.4. The fourth-order valence-electron chi connectivity index (χ4n) is 2.14. The summed E-state index contributed by atoms with van der Waals surface area (Å²) in [6.45, 7) is 16.3. The Labute approximate surface area is 106 Å². The van der Waals surface area contributed by atoms with Gasteiger partial charge in [0.15, 0.2) is 0 Å². The van der Waals surface area contributed by atoms with Crippen LogP contribution in [-0.2, 0) is 0 Å². The Morgan fingerprint density at radius 3 is 2.31 bits per heavy atom. The number of nitrogens with one attached hydrogen (secondary N) is 1. The van der Waals surface area contributed by atoms with Crippen molar-refractivity contribution in [1.29, 1.82) is 0 Å². The van der Waals surface area contributed by atoms with Gasteiger partial charge in [0.2, 0.25) is 0 Å². The second-order valence-electron chi connectivity index (χ2n) is 5.68. The molecule has 1 aliphatic heterocycles. The topological polar surface area (TPSA) is 15.3 Å². The molecule has 2 atom stereocenters. The Morgan fingerprint density at radius 2 is 1.81 bits per heavy atom. The molecule has 0 aromatic heterocycles. The zero-order valence-electron chi connectivity index (χ0n) is 11.5. The molecular weight excluding hydrogens is 216 g/mol. The lowest BCUT2D eigenvalue weighted by Gasteiger charge is -2.35. The molecule has 0 bridgehead atoms. The third-order valence-corrected chi connectivity index (χ3v) is 4.64. The Bertz CT molecular complexity index is 196. The third kappa shape index (κ3) is 5.07. The van der Waals surface area contributed by atoms with Crippen molar-refractivity contribution in [2.75, 3.05) is 26.2 Å². The van der Waals surface area contributed by atoms with E-state index in [1.54, 1.807) is 0 Å². The summed E-state index contributed by atoms with van der Waals surface area (Å²) in [5.41, 5.74) is 0.293. The van der Waals surface area contributed by atoms with Gasteiger partial charge in [-0.1, -0.05) is 20.8 Å². The predicted octanol–water partition coefficient (Wildman–Crippen LogP) is 2.59. The van der Waals surface area contributed by atoms with E-state index in [0.717, 1.165) is 17.0 Å². The van der Waals surface area contributed by atoms with Crippen molar-refractivity contribution in [3.63, 3.8) is 0 Å². The van der Waals surface area contributed by atoms with Gasteiger partial charge >= 0.3 is 0 Å². The van der Waals surface area contributed by atoms with Crippen LogP contribution >= 0.6 is 11.8 Å². The van der Waals surface area contributed by atoms with Crippen molar-refractivity contribution in [2.45, 2.75) is 57.1 Å². The molecule has 0 amide bonds. The summed E-state index contributed by atoms with van der Waals surface area (Å²) < 4.78 is 0. The summed E-state index contributed by atoms with van der Waals surface area (Å²) in [5.74, 6) is 0. The minimum Gasteiger partial charge on any atom is -0.311 e. The van der Waals surface area contributed by atoms with Crippen molar-refractivity contribution >= 4 is 11.8 Å². The van der Waals surface area contributed by atoms with Gasteiger partial charge in [-0.25, -0.2) is 0 Å². The highest BCUT2D eigenvalue weighted by molar-refractivity contribution is 8.00. The molecule has 2 nitrogen and oxygen atoms in total. The monoisotopic (exact) mass is 244 g/mol. The normalized spacial score (nSPS) is 28.3. The summed E-state index contributed by atoms with van der Waals surface area (Å²) in [6.07, 6.45) is 1.19. The second-order valence-corrected chi connectivity index (χ2v) is 7.56. The Balaban J connectivity index is 2.22. The van der Waals surface area contributed by atoms with E-state index in [9.17, 15) is 0 Å². The van der Waals surface area contributed by atoms with E-state index in [-0.39, 0.29) is 0 Å². The zero-order chi connectivity index (χ0) is 12.2. The van der Waals surface area contributed by atoms with Gasteiger partial charge in [0.05, 0.1) is 0 Å². The van der Waals surface area contributed by atoms with E-state index in [4.69, 9.17) is 0 Å². The Kier molecular flexibility index (Phi) is 5.62. The van der Waals surface area contributed by atoms with E-state index in [1.165, 1.54) is 26.1 Å². The van der Waals surface area contributed by atoms with Crippen molar-refractivity contribution in [3.8, 4) is 0 Å². The van der Waals surface area contributed by atoms with E-state index in [2.05, 4.69) is 56.6 Å². The van der Waals surface area contributed by atoms with E-state index < -0.39 is 0 Å². The van der Waals surface area contributed by atoms with Gasteiger partial charge in [0.1, 0.15) is 0 Å². The smallest absolute Gasteiger partial charge is 0.0149 e. The second kappa shape index (κ2) is 6.27. The summed E-state index contributed by atoms with van der Waals surface area (Å²) >= 11 is 2.13. The van der Waals surface area contributed by atoms with Gasteiger partial charge in [-0.3, -0.25) is 4.90 Å². The van der Waals surface area contributed by atoms with Crippen molar-refractivity contribution < 1.29 is 0 Å². The third-order valence-electron chi connectivity index (χ3n) is 3.41. The van der Waals surface area contributed by atoms with Gasteiger partial charge in [-0.15, -0.1) is 0 Å². The van der Waals surface area contributed by atoms with Crippen LogP contribution in [-0.4, -0.2) is 47.1 Å². The minimum atomic E-state index is 0.293. The van der Waals surface area contributed by atoms with Crippen LogP contribution in [0.25, 0.3) is 0 Å². The van der Waals surface area contributed by atoms with Crippen molar-refractivity contribution in [1.82, 2.24) is 10.2 Å². The quantitative estimate of drug-likeness (QED) is 0.800. The van der Waals surface area contributed by atoms with E-state index in [0.29, 0.717) is 5.54 Å². The molecule has 3 heteroatoms. The van der Waals surface area contributed by atoms with Gasteiger partial charge < -0.3 is 5.32 Å². The average Bonchev–Trinajstić information content (AvgIpc) is 2.16. The maximum absolute atomic E-state index is 3.64. The number of hydrogen-bond donors (Lipinski definition) is 1. The molecule has 0 aromatic rings. The lowest BCUT2D eigenvalue weighted by molar-refractivity contribution is 0.254. The van der Waals surface area contributed by atoms with Crippen LogP contribution < -0.4 is 5.32 Å². The van der Waals surface area contributed by atoms with Gasteiger partial charge in [-0.2, -0.15) is 11.8 Å². The molecule has 0 spiro atoms. The number of rotatable bonds is 5. The van der Waals surface area contributed by atoms with E-state index in [1.807, 2.05) is 0 Å². The number of hydrogen-bond acceptors (Lipinski definition) is 3. The van der Waals surface area contributed by atoms with Crippen LogP contribution in [0.2, 0.25) is 0 Å². The fourth-order valence-corrected chi connectivity index (χ4v) is 3.53. The first-order chi connectivity index (χ1) is 7.43. The molecule has 1 rings (SSSR count). The average molecular weight is 244 g/mol. The first-order valence-corrected chi connectivity index (χ1v) is 7.50. The molecule has 16 heavy (non-hydrogen) atoms. The number of nitrogens with zero attached hydrogens (tertiary/aromatic N) is 1. The highest BCUT2D eigenvalue weighted by atomic mass is 32.2. The molecule has 0 aliphatic carbocycles. The molecule has 1 heterocycles. The highest BCUT2D eigenvalue weighted by Crippen LogP contribution is 2.24. The molecule has 1 fully saturated rings. The molecule has 1 saturated heterocycles. The largest absolute Gasteiger partial charge is 0.311 e. The summed E-state index contributed by atoms with van der Waals surface area (Å²) in [6, 6.07) is 0. The molecule has 1 aliphatic rings. The number of thioether (sulfide) groups is 1. The summed E-state index contributed by atoms with van der Waals surface area (Å²) in [7, 11) is 0. The first-order valence-electron chi connectivity index (χ1n) is 6.56. The maximum Gasteiger partial charge on any atom is 0.0149 e. The fraction of sp³-hybridized carbons (Fsp3) is 1.00. The van der Waals surface area contributed by atoms with Crippen LogP contribution in [0.4, 0.5) is 0 Å². The molecular formula is C13H28N2S. The van der Waals surface area contributed by atoms with Gasteiger partial charge in [0.25, 0.3) is 0 Å². The predicted molar refractivity (Wildman–Crippen MR) is 75.3 cm³/mol. The van der Waals surface area contributed by atoms with Gasteiger partial charge in [0, 0.05) is 42.2 Å². The van der Waals surface area contributed by atoms with Gasteiger partial charge in [-0.05, 0) is 20.3 Å². The molecule has 1 N–H and O–H groups in total. The first kappa shape index (κ1) is 14.3. The molecule has 2 unspecified atom stereocenters. The Hall–Kier alpha value is 0.270. The van der Waals surface area contributed by atoms with Crippen LogP contribution in [0.15, 0.2) is 0 Å². The molecule has 96 valence electrons. The lowest BCUT2D eigenvalue weighted by Crippen LogP contribution is -2.47. The molecule has 0 aromatic carbocycles. The summed E-state index contributed by atoms with van der Waals surface area (Å²) in [5, 5.41) is 5.23. The highest BCUT2D eigenvalue weighted by Gasteiger charge is 2.22. The van der Waals surface area contributed by atoms with Crippen LogP contribution in [0, 0.1) is 0 Å². The maximum atomic E-state index is 3.64. The van der Waals surface area contributed by atoms with Crippen LogP contribution in [0.5, 0.6) is 0 Å². The van der Waals surface area contributed by atoms with Crippen LogP contribution in [0.1, 0.15) is 41.0 Å². The SMILES string of the molecule is CCC(C)(C)NCCN1CC(C)SC(C)C1. The minimum absolute atomic E-state index is 0.293. The molecule has 0 saturated carbocycles. The standard InChI is InChI=1S/C13H28N2S/c1-6-13(4,5)14-7-8-15-9-11(2)16-12(3)10-15/h11-12,14H,6-10H2,1-5H3. The van der Waals surface area contributed by atoms with Crippen molar-refractivity contribution in [2.24, 2.45) is 0 Å². The van der Waals surface area contributed by atoms with E-state index >= 15 is 0 Å². The van der Waals surface area contributed by atoms with Crippen LogP contribution in [0.3, 0.4) is 0 Å². The Morgan fingerprint density at radius 1 is 1.25 bits per heavy atom. The molecule has 0 radical (unpaired) electrons. The lowest BCUT2D eigenvalue weighted by atomic mass is 10.0. The van der Waals surface area contributed by atoms with Crippen molar-refractivity contribution in [3.05, 3.63) is 0 Å².